The average Bonchev–Trinajstić information content (AvgIpc) is 2.82. The van der Waals surface area contributed by atoms with Gasteiger partial charge in [-0.05, 0) is 32.0 Å². The first-order valence-electron chi connectivity index (χ1n) is 7.47. The van der Waals surface area contributed by atoms with Crippen LogP contribution in [0.4, 0.5) is 0 Å². The highest BCUT2D eigenvalue weighted by Gasteiger charge is 2.32. The van der Waals surface area contributed by atoms with E-state index < -0.39 is 0 Å². The van der Waals surface area contributed by atoms with Crippen molar-refractivity contribution in [3.8, 4) is 0 Å². The first-order valence-corrected chi connectivity index (χ1v) is 7.47. The Hall–Kier alpha value is -1.59. The van der Waals surface area contributed by atoms with E-state index >= 15 is 0 Å². The van der Waals surface area contributed by atoms with Gasteiger partial charge in [-0.1, -0.05) is 30.3 Å². The number of benzene rings is 1. The van der Waals surface area contributed by atoms with Crippen LogP contribution in [-0.4, -0.2) is 42.9 Å². The van der Waals surface area contributed by atoms with Crippen LogP contribution in [0.25, 0.3) is 0 Å². The van der Waals surface area contributed by atoms with Gasteiger partial charge in [0.2, 0.25) is 11.8 Å². The van der Waals surface area contributed by atoms with Gasteiger partial charge in [-0.2, -0.15) is 0 Å². The molecular formula is C16H24ClN3O2. The lowest BCUT2D eigenvalue weighted by Gasteiger charge is -2.17. The van der Waals surface area contributed by atoms with Crippen molar-refractivity contribution in [2.24, 2.45) is 0 Å². The molecule has 2 rings (SSSR count). The van der Waals surface area contributed by atoms with Gasteiger partial charge < -0.3 is 15.5 Å². The zero-order valence-corrected chi connectivity index (χ0v) is 13.7. The van der Waals surface area contributed by atoms with Gasteiger partial charge in [-0.15, -0.1) is 12.4 Å². The molecule has 1 aromatic carbocycles. The molecule has 0 bridgehead atoms. The van der Waals surface area contributed by atoms with Gasteiger partial charge in [0.05, 0.1) is 0 Å². The minimum absolute atomic E-state index is 0. The van der Waals surface area contributed by atoms with Gasteiger partial charge in [0.1, 0.15) is 6.04 Å². The third-order valence-corrected chi connectivity index (χ3v) is 3.68. The molecule has 22 heavy (non-hydrogen) atoms. The van der Waals surface area contributed by atoms with E-state index in [0.29, 0.717) is 25.9 Å². The summed E-state index contributed by atoms with van der Waals surface area (Å²) in [5.41, 5.74) is 1.12. The van der Waals surface area contributed by atoms with E-state index in [-0.39, 0.29) is 30.3 Å². The van der Waals surface area contributed by atoms with Crippen molar-refractivity contribution in [3.05, 3.63) is 35.9 Å². The minimum atomic E-state index is -0.351. The topological polar surface area (TPSA) is 61.4 Å². The number of nitrogens with one attached hydrogen (secondary N) is 2. The maximum Gasteiger partial charge on any atom is 0.245 e. The standard InChI is InChI=1S/C16H23N3O2.ClH/c1-17-10-5-8-15(20)18-14-9-11-19(16(14)21)12-13-6-3-2-4-7-13;/h2-4,6-7,14,17H,5,8-12H2,1H3,(H,18,20);1H. The number of nitrogens with zero attached hydrogens (tertiary/aromatic N) is 1. The van der Waals surface area contributed by atoms with Crippen molar-refractivity contribution in [1.29, 1.82) is 0 Å². The summed E-state index contributed by atoms with van der Waals surface area (Å²) in [6, 6.07) is 9.57. The van der Waals surface area contributed by atoms with Crippen molar-refractivity contribution >= 4 is 24.2 Å². The Kier molecular flexibility index (Phi) is 7.91. The van der Waals surface area contributed by atoms with E-state index in [0.717, 1.165) is 18.5 Å². The molecule has 5 nitrogen and oxygen atoms in total. The second-order valence-electron chi connectivity index (χ2n) is 5.36. The lowest BCUT2D eigenvalue weighted by molar-refractivity contribution is -0.133. The molecule has 0 aromatic heterocycles. The van der Waals surface area contributed by atoms with Crippen LogP contribution in [-0.2, 0) is 16.1 Å². The maximum absolute atomic E-state index is 12.3. The van der Waals surface area contributed by atoms with Gasteiger partial charge in [0.15, 0.2) is 0 Å². The number of amides is 2. The van der Waals surface area contributed by atoms with Crippen LogP contribution in [0.3, 0.4) is 0 Å². The molecule has 1 heterocycles. The molecule has 1 atom stereocenters. The van der Waals surface area contributed by atoms with Crippen molar-refractivity contribution in [2.45, 2.75) is 31.8 Å². The van der Waals surface area contributed by atoms with E-state index in [1.807, 2.05) is 42.3 Å². The number of hydrogen-bond donors (Lipinski definition) is 2. The third kappa shape index (κ3) is 5.31. The molecule has 1 aromatic rings. The summed E-state index contributed by atoms with van der Waals surface area (Å²) < 4.78 is 0. The second kappa shape index (κ2) is 9.43. The molecule has 1 fully saturated rings. The number of rotatable bonds is 7. The Morgan fingerprint density at radius 3 is 2.73 bits per heavy atom. The van der Waals surface area contributed by atoms with Crippen LogP contribution in [0.5, 0.6) is 0 Å². The van der Waals surface area contributed by atoms with Crippen LogP contribution in [0, 0.1) is 0 Å². The second-order valence-corrected chi connectivity index (χ2v) is 5.36. The normalized spacial score (nSPS) is 17.2. The predicted octanol–water partition coefficient (Wildman–Crippen LogP) is 1.33. The number of likely N-dealkylation sites (tertiary alicyclic amines) is 1. The molecule has 2 N–H and O–H groups in total. The van der Waals surface area contributed by atoms with E-state index in [1.54, 1.807) is 0 Å². The molecular weight excluding hydrogens is 302 g/mol. The van der Waals surface area contributed by atoms with Gasteiger partial charge in [0.25, 0.3) is 0 Å². The van der Waals surface area contributed by atoms with E-state index in [4.69, 9.17) is 0 Å². The zero-order valence-electron chi connectivity index (χ0n) is 12.9. The van der Waals surface area contributed by atoms with E-state index in [9.17, 15) is 9.59 Å². The fourth-order valence-corrected chi connectivity index (χ4v) is 2.53. The highest BCUT2D eigenvalue weighted by Crippen LogP contribution is 2.15. The van der Waals surface area contributed by atoms with Gasteiger partial charge in [-0.3, -0.25) is 9.59 Å². The molecule has 1 aliphatic heterocycles. The fraction of sp³-hybridized carbons (Fsp3) is 0.500. The average molecular weight is 326 g/mol. The molecule has 1 unspecified atom stereocenters. The summed E-state index contributed by atoms with van der Waals surface area (Å²) in [5, 5.41) is 5.85. The Bertz CT molecular complexity index is 482. The van der Waals surface area contributed by atoms with Crippen molar-refractivity contribution in [2.75, 3.05) is 20.1 Å². The molecule has 2 amide bonds. The summed E-state index contributed by atoms with van der Waals surface area (Å²) >= 11 is 0. The van der Waals surface area contributed by atoms with Gasteiger partial charge >= 0.3 is 0 Å². The van der Waals surface area contributed by atoms with Gasteiger partial charge in [0, 0.05) is 19.5 Å². The summed E-state index contributed by atoms with van der Waals surface area (Å²) in [5.74, 6) is -0.00835. The van der Waals surface area contributed by atoms with Crippen LogP contribution in [0.2, 0.25) is 0 Å². The zero-order chi connectivity index (χ0) is 15.1. The Morgan fingerprint density at radius 1 is 1.32 bits per heavy atom. The Morgan fingerprint density at radius 2 is 2.05 bits per heavy atom. The number of hydrogen-bond acceptors (Lipinski definition) is 3. The quantitative estimate of drug-likeness (QED) is 0.743. The molecule has 1 saturated heterocycles. The largest absolute Gasteiger partial charge is 0.344 e. The smallest absolute Gasteiger partial charge is 0.245 e. The molecule has 0 saturated carbocycles. The minimum Gasteiger partial charge on any atom is -0.344 e. The molecule has 0 radical (unpaired) electrons. The molecule has 1 aliphatic rings. The first kappa shape index (κ1) is 18.5. The lowest BCUT2D eigenvalue weighted by Crippen LogP contribution is -2.41. The van der Waals surface area contributed by atoms with Crippen LogP contribution in [0.15, 0.2) is 30.3 Å². The summed E-state index contributed by atoms with van der Waals surface area (Å²) in [4.78, 5) is 25.9. The van der Waals surface area contributed by atoms with Crippen molar-refractivity contribution < 1.29 is 9.59 Å². The number of carbonyl (C=O) groups excluding carboxylic acids is 2. The summed E-state index contributed by atoms with van der Waals surface area (Å²) in [6.45, 7) is 2.13. The Balaban J connectivity index is 0.00000242. The van der Waals surface area contributed by atoms with Gasteiger partial charge in [-0.25, -0.2) is 0 Å². The molecule has 122 valence electrons. The monoisotopic (exact) mass is 325 g/mol. The summed E-state index contributed by atoms with van der Waals surface area (Å²) in [7, 11) is 1.86. The highest BCUT2D eigenvalue weighted by molar-refractivity contribution is 5.89. The van der Waals surface area contributed by atoms with E-state index in [1.165, 1.54) is 0 Å². The predicted molar refractivity (Wildman–Crippen MR) is 88.8 cm³/mol. The molecule has 6 heteroatoms. The van der Waals surface area contributed by atoms with Crippen molar-refractivity contribution in [3.63, 3.8) is 0 Å². The SMILES string of the molecule is CNCCCC(=O)NC1CCN(Cc2ccccc2)C1=O.Cl. The summed E-state index contributed by atoms with van der Waals surface area (Å²) in [6.07, 6.45) is 1.95. The lowest BCUT2D eigenvalue weighted by atomic mass is 10.2. The van der Waals surface area contributed by atoms with Crippen LogP contribution in [0.1, 0.15) is 24.8 Å². The van der Waals surface area contributed by atoms with E-state index in [2.05, 4.69) is 10.6 Å². The van der Waals surface area contributed by atoms with Crippen molar-refractivity contribution in [1.82, 2.24) is 15.5 Å². The third-order valence-electron chi connectivity index (χ3n) is 3.68. The van der Waals surface area contributed by atoms with Crippen LogP contribution < -0.4 is 10.6 Å². The maximum atomic E-state index is 12.3. The van der Waals surface area contributed by atoms with Crippen LogP contribution >= 0.6 is 12.4 Å². The number of carbonyl (C=O) groups is 2. The Labute approximate surface area is 137 Å². The molecule has 0 aliphatic carbocycles. The first-order chi connectivity index (χ1) is 10.2. The fourth-order valence-electron chi connectivity index (χ4n) is 2.53. The molecule has 0 spiro atoms. The number of halogens is 1. The highest BCUT2D eigenvalue weighted by atomic mass is 35.5.